The SMILES string of the molecule is Cc1nn(C)c(=O)c(C(=O)Nc2ccc([S@](C)=O)c(F)c2)c1C. The molecule has 0 saturated heterocycles. The van der Waals surface area contributed by atoms with Crippen LogP contribution in [0.3, 0.4) is 0 Å². The van der Waals surface area contributed by atoms with Crippen molar-refractivity contribution >= 4 is 22.4 Å². The van der Waals surface area contributed by atoms with E-state index in [2.05, 4.69) is 10.4 Å². The molecule has 0 spiro atoms. The van der Waals surface area contributed by atoms with Crippen molar-refractivity contribution < 1.29 is 13.4 Å². The summed E-state index contributed by atoms with van der Waals surface area (Å²) in [7, 11) is -0.00534. The third-order valence-electron chi connectivity index (χ3n) is 3.45. The van der Waals surface area contributed by atoms with Gasteiger partial charge in [-0.1, -0.05) is 0 Å². The summed E-state index contributed by atoms with van der Waals surface area (Å²) in [5.41, 5.74) is 0.635. The van der Waals surface area contributed by atoms with Crippen LogP contribution in [-0.2, 0) is 17.8 Å². The molecule has 1 aromatic carbocycles. The average molecular weight is 337 g/mol. The Labute approximate surface area is 134 Å². The number of rotatable bonds is 3. The summed E-state index contributed by atoms with van der Waals surface area (Å²) >= 11 is 0. The number of nitrogens with one attached hydrogen (secondary N) is 1. The molecule has 1 amide bonds. The number of anilines is 1. The molecule has 1 atom stereocenters. The molecule has 0 saturated carbocycles. The van der Waals surface area contributed by atoms with Gasteiger partial charge in [0.05, 0.1) is 21.4 Å². The number of amides is 1. The predicted molar refractivity (Wildman–Crippen MR) is 85.6 cm³/mol. The van der Waals surface area contributed by atoms with Gasteiger partial charge < -0.3 is 5.32 Å². The molecule has 0 radical (unpaired) electrons. The number of halogens is 1. The van der Waals surface area contributed by atoms with Crippen molar-refractivity contribution in [1.29, 1.82) is 0 Å². The molecule has 0 bridgehead atoms. The van der Waals surface area contributed by atoms with Crippen molar-refractivity contribution in [2.24, 2.45) is 7.05 Å². The molecule has 8 heteroatoms. The normalized spacial score (nSPS) is 12.0. The number of hydrogen-bond donors (Lipinski definition) is 1. The number of aryl methyl sites for hydroxylation is 2. The maximum Gasteiger partial charge on any atom is 0.279 e. The fourth-order valence-electron chi connectivity index (χ4n) is 2.12. The van der Waals surface area contributed by atoms with E-state index in [1.165, 1.54) is 25.4 Å². The maximum atomic E-state index is 13.8. The Morgan fingerprint density at radius 2 is 2.00 bits per heavy atom. The van der Waals surface area contributed by atoms with Crippen LogP contribution >= 0.6 is 0 Å². The molecule has 2 rings (SSSR count). The molecular formula is C15H16FN3O3S. The van der Waals surface area contributed by atoms with Crippen molar-refractivity contribution in [3.63, 3.8) is 0 Å². The number of aromatic nitrogens is 2. The van der Waals surface area contributed by atoms with Crippen molar-refractivity contribution in [1.82, 2.24) is 9.78 Å². The highest BCUT2D eigenvalue weighted by molar-refractivity contribution is 7.84. The minimum Gasteiger partial charge on any atom is -0.322 e. The second kappa shape index (κ2) is 6.41. The minimum absolute atomic E-state index is 0.0384. The first-order valence-electron chi connectivity index (χ1n) is 6.71. The third-order valence-corrected chi connectivity index (χ3v) is 4.40. The molecule has 122 valence electrons. The van der Waals surface area contributed by atoms with Crippen molar-refractivity contribution in [2.45, 2.75) is 18.7 Å². The zero-order chi connectivity index (χ0) is 17.3. The Morgan fingerprint density at radius 1 is 1.35 bits per heavy atom. The number of benzene rings is 1. The Hall–Kier alpha value is -2.35. The summed E-state index contributed by atoms with van der Waals surface area (Å²) in [6.07, 6.45) is 1.36. The number of carbonyl (C=O) groups is 1. The minimum atomic E-state index is -1.46. The Morgan fingerprint density at radius 3 is 2.57 bits per heavy atom. The number of carbonyl (C=O) groups excluding carboxylic acids is 1. The lowest BCUT2D eigenvalue weighted by molar-refractivity contribution is 0.102. The molecule has 0 aliphatic heterocycles. The zero-order valence-electron chi connectivity index (χ0n) is 13.1. The topological polar surface area (TPSA) is 81.1 Å². The van der Waals surface area contributed by atoms with Crippen LogP contribution in [0.15, 0.2) is 27.9 Å². The van der Waals surface area contributed by atoms with Gasteiger partial charge in [-0.3, -0.25) is 13.8 Å². The fourth-order valence-corrected chi connectivity index (χ4v) is 2.71. The summed E-state index contributed by atoms with van der Waals surface area (Å²) in [5, 5.41) is 6.48. The van der Waals surface area contributed by atoms with E-state index >= 15 is 0 Å². The lowest BCUT2D eigenvalue weighted by atomic mass is 10.1. The molecule has 23 heavy (non-hydrogen) atoms. The van der Waals surface area contributed by atoms with Crippen LogP contribution in [0.1, 0.15) is 21.6 Å². The second-order valence-corrected chi connectivity index (χ2v) is 6.42. The Bertz CT molecular complexity index is 877. The van der Waals surface area contributed by atoms with E-state index in [-0.39, 0.29) is 16.1 Å². The van der Waals surface area contributed by atoms with E-state index in [4.69, 9.17) is 0 Å². The summed E-state index contributed by atoms with van der Waals surface area (Å²) < 4.78 is 26.2. The second-order valence-electron chi connectivity index (χ2n) is 5.07. The fraction of sp³-hybridized carbons (Fsp3) is 0.267. The van der Waals surface area contributed by atoms with E-state index in [1.807, 2.05) is 0 Å². The predicted octanol–water partition coefficient (Wildman–Crippen LogP) is 1.53. The number of hydrogen-bond acceptors (Lipinski definition) is 4. The molecule has 0 fully saturated rings. The van der Waals surface area contributed by atoms with E-state index in [0.717, 1.165) is 10.7 Å². The van der Waals surface area contributed by atoms with Gasteiger partial charge in [0, 0.05) is 19.0 Å². The van der Waals surface area contributed by atoms with Gasteiger partial charge in [-0.05, 0) is 37.6 Å². The van der Waals surface area contributed by atoms with Gasteiger partial charge in [0.25, 0.3) is 11.5 Å². The molecule has 2 aromatic rings. The molecular weight excluding hydrogens is 321 g/mol. The first-order chi connectivity index (χ1) is 10.7. The first-order valence-corrected chi connectivity index (χ1v) is 8.27. The lowest BCUT2D eigenvalue weighted by Gasteiger charge is -2.11. The van der Waals surface area contributed by atoms with Crippen LogP contribution in [0.4, 0.5) is 10.1 Å². The third kappa shape index (κ3) is 3.37. The van der Waals surface area contributed by atoms with Crippen LogP contribution in [0.2, 0.25) is 0 Å². The molecule has 0 aliphatic carbocycles. The maximum absolute atomic E-state index is 13.8. The van der Waals surface area contributed by atoms with E-state index in [9.17, 15) is 18.2 Å². The van der Waals surface area contributed by atoms with Gasteiger partial charge in [-0.15, -0.1) is 0 Å². The largest absolute Gasteiger partial charge is 0.322 e. The highest BCUT2D eigenvalue weighted by atomic mass is 32.2. The molecule has 1 N–H and O–H groups in total. The molecule has 1 heterocycles. The smallest absolute Gasteiger partial charge is 0.279 e. The Kier molecular flexibility index (Phi) is 4.74. The van der Waals surface area contributed by atoms with Gasteiger partial charge >= 0.3 is 0 Å². The van der Waals surface area contributed by atoms with Gasteiger partial charge in [-0.2, -0.15) is 5.10 Å². The molecule has 6 nitrogen and oxygen atoms in total. The van der Waals surface area contributed by atoms with Gasteiger partial charge in [-0.25, -0.2) is 9.07 Å². The van der Waals surface area contributed by atoms with E-state index in [1.54, 1.807) is 13.8 Å². The van der Waals surface area contributed by atoms with Crippen molar-refractivity contribution in [2.75, 3.05) is 11.6 Å². The Balaban J connectivity index is 2.39. The van der Waals surface area contributed by atoms with Crippen LogP contribution in [0.25, 0.3) is 0 Å². The van der Waals surface area contributed by atoms with E-state index in [0.29, 0.717) is 11.3 Å². The summed E-state index contributed by atoms with van der Waals surface area (Å²) in [6.45, 7) is 3.32. The quantitative estimate of drug-likeness (QED) is 0.921. The van der Waals surface area contributed by atoms with Crippen molar-refractivity contribution in [3.8, 4) is 0 Å². The highest BCUT2D eigenvalue weighted by Crippen LogP contribution is 2.18. The molecule has 0 aliphatic rings. The van der Waals surface area contributed by atoms with Crippen LogP contribution in [0, 0.1) is 19.7 Å². The van der Waals surface area contributed by atoms with Crippen LogP contribution in [0.5, 0.6) is 0 Å². The average Bonchev–Trinajstić information content (AvgIpc) is 2.45. The number of nitrogens with zero attached hydrogens (tertiary/aromatic N) is 2. The van der Waals surface area contributed by atoms with Crippen molar-refractivity contribution in [3.05, 3.63) is 51.2 Å². The van der Waals surface area contributed by atoms with Gasteiger partial charge in [0.1, 0.15) is 11.4 Å². The van der Waals surface area contributed by atoms with Gasteiger partial charge in [0.15, 0.2) is 0 Å². The van der Waals surface area contributed by atoms with Gasteiger partial charge in [0.2, 0.25) is 0 Å². The molecule has 0 unspecified atom stereocenters. The summed E-state index contributed by atoms with van der Waals surface area (Å²) in [4.78, 5) is 24.5. The van der Waals surface area contributed by atoms with E-state index < -0.39 is 28.1 Å². The van der Waals surface area contributed by atoms with Crippen LogP contribution in [-0.4, -0.2) is 26.2 Å². The lowest BCUT2D eigenvalue weighted by Crippen LogP contribution is -2.31. The zero-order valence-corrected chi connectivity index (χ0v) is 14.0. The monoisotopic (exact) mass is 337 g/mol. The van der Waals surface area contributed by atoms with Crippen LogP contribution < -0.4 is 10.9 Å². The highest BCUT2D eigenvalue weighted by Gasteiger charge is 2.18. The first kappa shape index (κ1) is 17.0. The standard InChI is InChI=1S/C15H16FN3O3S/c1-8-9(2)18-19(3)15(21)13(8)14(20)17-10-5-6-12(23(4)22)11(16)7-10/h5-7H,1-4H3,(H,17,20)/t23-/m0/s1. The summed E-state index contributed by atoms with van der Waals surface area (Å²) in [5.74, 6) is -1.32. The molecule has 1 aromatic heterocycles. The summed E-state index contributed by atoms with van der Waals surface area (Å²) in [6, 6.07) is 3.85.